The zero-order valence-corrected chi connectivity index (χ0v) is 9.68. The maximum atomic E-state index is 5.27. The lowest BCUT2D eigenvalue weighted by molar-refractivity contribution is 0.252. The lowest BCUT2D eigenvalue weighted by Gasteiger charge is -2.25. The monoisotopic (exact) mass is 233 g/mol. The second-order valence-corrected chi connectivity index (χ2v) is 4.30. The summed E-state index contributed by atoms with van der Waals surface area (Å²) in [7, 11) is 3.83. The first-order chi connectivity index (χ1) is 5.57. The van der Waals surface area contributed by atoms with Gasteiger partial charge in [-0.2, -0.15) is 0 Å². The Hall–Kier alpha value is -0.180. The van der Waals surface area contributed by atoms with Gasteiger partial charge >= 0.3 is 0 Å². The van der Waals surface area contributed by atoms with Crippen LogP contribution in [0.5, 0.6) is 0 Å². The molecular formula is C9H16BrNO. The summed E-state index contributed by atoms with van der Waals surface area (Å²) in [4.78, 5) is 2.24. The molecule has 12 heavy (non-hydrogen) atoms. The van der Waals surface area contributed by atoms with Crippen LogP contribution < -0.4 is 0 Å². The van der Waals surface area contributed by atoms with E-state index in [-0.39, 0.29) is 0 Å². The average Bonchev–Trinajstić information content (AvgIpc) is 2.30. The van der Waals surface area contributed by atoms with Crippen LogP contribution >= 0.6 is 15.9 Å². The molecule has 2 nitrogen and oxygen atoms in total. The number of hydrogen-bond acceptors (Lipinski definition) is 2. The van der Waals surface area contributed by atoms with E-state index in [0.717, 1.165) is 16.8 Å². The Kier molecular flexibility index (Phi) is 3.04. The first-order valence-electron chi connectivity index (χ1n) is 4.23. The van der Waals surface area contributed by atoms with Crippen molar-refractivity contribution in [1.82, 2.24) is 4.90 Å². The topological polar surface area (TPSA) is 12.5 Å². The summed E-state index contributed by atoms with van der Waals surface area (Å²) >= 11 is 3.52. The quantitative estimate of drug-likeness (QED) is 0.681. The molecule has 0 aromatic rings. The molecular weight excluding hydrogens is 218 g/mol. The molecule has 0 N–H and O–H groups in total. The summed E-state index contributed by atoms with van der Waals surface area (Å²) < 4.78 is 6.37. The Morgan fingerprint density at radius 1 is 1.58 bits per heavy atom. The van der Waals surface area contributed by atoms with Gasteiger partial charge in [0, 0.05) is 19.5 Å². The number of nitrogens with zero attached hydrogens (tertiary/aromatic N) is 1. The Labute approximate surface area is 82.7 Å². The minimum absolute atomic E-state index is 0.578. The molecule has 0 radical (unpaired) electrons. The van der Waals surface area contributed by atoms with Crippen molar-refractivity contribution in [3.8, 4) is 0 Å². The van der Waals surface area contributed by atoms with Gasteiger partial charge in [0.1, 0.15) is 10.4 Å². The highest BCUT2D eigenvalue weighted by Crippen LogP contribution is 2.34. The van der Waals surface area contributed by atoms with Gasteiger partial charge in [-0.05, 0) is 21.8 Å². The minimum atomic E-state index is 0.578. The summed E-state index contributed by atoms with van der Waals surface area (Å²) in [5.41, 5.74) is 0. The average molecular weight is 234 g/mol. The van der Waals surface area contributed by atoms with Gasteiger partial charge < -0.3 is 9.64 Å². The van der Waals surface area contributed by atoms with E-state index in [1.807, 2.05) is 0 Å². The van der Waals surface area contributed by atoms with Gasteiger partial charge in [0.05, 0.1) is 7.11 Å². The van der Waals surface area contributed by atoms with Crippen LogP contribution in [0.2, 0.25) is 0 Å². The molecule has 0 aliphatic carbocycles. The summed E-state index contributed by atoms with van der Waals surface area (Å²) in [6, 6.07) is 0.578. The van der Waals surface area contributed by atoms with Gasteiger partial charge in [0.2, 0.25) is 0 Å². The summed E-state index contributed by atoms with van der Waals surface area (Å²) in [5.74, 6) is 1.73. The fourth-order valence-electron chi connectivity index (χ4n) is 1.60. The molecule has 0 bridgehead atoms. The summed E-state index contributed by atoms with van der Waals surface area (Å²) in [5, 5.41) is 0. The molecule has 0 fully saturated rings. The molecule has 0 aromatic heterocycles. The van der Waals surface area contributed by atoms with Crippen molar-refractivity contribution in [3.63, 3.8) is 0 Å². The van der Waals surface area contributed by atoms with Crippen LogP contribution in [0.4, 0.5) is 0 Å². The third-order valence-electron chi connectivity index (χ3n) is 2.45. The predicted octanol–water partition coefficient (Wildman–Crippen LogP) is 2.56. The smallest absolute Gasteiger partial charge is 0.128 e. The van der Waals surface area contributed by atoms with E-state index in [1.165, 1.54) is 0 Å². The predicted molar refractivity (Wildman–Crippen MR) is 54.0 cm³/mol. The minimum Gasteiger partial charge on any atom is -0.498 e. The molecule has 1 rings (SSSR count). The Balaban J connectivity index is 2.72. The zero-order valence-electron chi connectivity index (χ0n) is 8.10. The maximum Gasteiger partial charge on any atom is 0.128 e. The number of halogens is 1. The zero-order chi connectivity index (χ0) is 9.30. The first-order valence-corrected chi connectivity index (χ1v) is 5.02. The fraction of sp³-hybridized carbons (Fsp3) is 0.778. The van der Waals surface area contributed by atoms with Crippen molar-refractivity contribution >= 4 is 15.9 Å². The molecule has 70 valence electrons. The fourth-order valence-corrected chi connectivity index (χ4v) is 2.19. The van der Waals surface area contributed by atoms with Crippen molar-refractivity contribution < 1.29 is 4.74 Å². The molecule has 0 spiro atoms. The van der Waals surface area contributed by atoms with Crippen LogP contribution in [0.25, 0.3) is 0 Å². The summed E-state index contributed by atoms with van der Waals surface area (Å²) in [6.07, 6.45) is 1.02. The van der Waals surface area contributed by atoms with E-state index in [2.05, 4.69) is 41.7 Å². The van der Waals surface area contributed by atoms with Crippen molar-refractivity contribution in [3.05, 3.63) is 10.4 Å². The van der Waals surface area contributed by atoms with E-state index in [0.29, 0.717) is 12.0 Å². The van der Waals surface area contributed by atoms with Gasteiger partial charge in [-0.1, -0.05) is 13.8 Å². The normalized spacial score (nSPS) is 24.2. The number of rotatable bonds is 2. The molecule has 1 heterocycles. The SMILES string of the molecule is COC1=C(Br)N(C)C(C(C)C)C1. The highest BCUT2D eigenvalue weighted by molar-refractivity contribution is 9.11. The molecule has 1 unspecified atom stereocenters. The van der Waals surface area contributed by atoms with Crippen molar-refractivity contribution in [2.45, 2.75) is 26.3 Å². The molecule has 3 heteroatoms. The van der Waals surface area contributed by atoms with Gasteiger partial charge in [0.15, 0.2) is 0 Å². The van der Waals surface area contributed by atoms with Crippen molar-refractivity contribution in [1.29, 1.82) is 0 Å². The number of hydrogen-bond donors (Lipinski definition) is 0. The van der Waals surface area contributed by atoms with Crippen LogP contribution in [-0.4, -0.2) is 25.1 Å². The highest BCUT2D eigenvalue weighted by Gasteiger charge is 2.30. The molecule has 1 aliphatic rings. The van der Waals surface area contributed by atoms with E-state index in [1.54, 1.807) is 7.11 Å². The lowest BCUT2D eigenvalue weighted by atomic mass is 10.0. The van der Waals surface area contributed by atoms with E-state index >= 15 is 0 Å². The van der Waals surface area contributed by atoms with Crippen molar-refractivity contribution in [2.24, 2.45) is 5.92 Å². The first kappa shape index (κ1) is 9.90. The molecule has 0 amide bonds. The molecule has 1 aliphatic heterocycles. The molecule has 1 atom stereocenters. The van der Waals surface area contributed by atoms with Crippen LogP contribution in [0.1, 0.15) is 20.3 Å². The maximum absolute atomic E-state index is 5.27. The highest BCUT2D eigenvalue weighted by atomic mass is 79.9. The molecule has 0 saturated heterocycles. The summed E-state index contributed by atoms with van der Waals surface area (Å²) in [6.45, 7) is 4.47. The van der Waals surface area contributed by atoms with Gasteiger partial charge in [-0.25, -0.2) is 0 Å². The van der Waals surface area contributed by atoms with Crippen LogP contribution in [0, 0.1) is 5.92 Å². The van der Waals surface area contributed by atoms with E-state index in [4.69, 9.17) is 4.74 Å². The third kappa shape index (κ3) is 1.60. The second kappa shape index (κ2) is 3.69. The van der Waals surface area contributed by atoms with Gasteiger partial charge in [-0.3, -0.25) is 0 Å². The molecule has 0 saturated carbocycles. The van der Waals surface area contributed by atoms with Gasteiger partial charge in [0.25, 0.3) is 0 Å². The second-order valence-electron chi connectivity index (χ2n) is 3.54. The van der Waals surface area contributed by atoms with Crippen molar-refractivity contribution in [2.75, 3.05) is 14.2 Å². The van der Waals surface area contributed by atoms with E-state index < -0.39 is 0 Å². The van der Waals surface area contributed by atoms with Gasteiger partial charge in [-0.15, -0.1) is 0 Å². The lowest BCUT2D eigenvalue weighted by Crippen LogP contribution is -2.29. The number of ether oxygens (including phenoxy) is 1. The third-order valence-corrected chi connectivity index (χ3v) is 3.45. The molecule has 0 aromatic carbocycles. The standard InChI is InChI=1S/C9H16BrNO/c1-6(2)7-5-8(12-4)9(10)11(7)3/h6-7H,5H2,1-4H3. The largest absolute Gasteiger partial charge is 0.498 e. The Morgan fingerprint density at radius 2 is 2.17 bits per heavy atom. The Morgan fingerprint density at radius 3 is 2.42 bits per heavy atom. The van der Waals surface area contributed by atoms with Crippen LogP contribution in [0.3, 0.4) is 0 Å². The Bertz CT molecular complexity index is 201. The number of methoxy groups -OCH3 is 1. The van der Waals surface area contributed by atoms with E-state index in [9.17, 15) is 0 Å². The van der Waals surface area contributed by atoms with Crippen LogP contribution in [0.15, 0.2) is 10.4 Å². The van der Waals surface area contributed by atoms with Crippen LogP contribution in [-0.2, 0) is 4.74 Å².